The van der Waals surface area contributed by atoms with Crippen LogP contribution in [-0.2, 0) is 4.79 Å². The molecule has 1 N–H and O–H groups in total. The first-order chi connectivity index (χ1) is 18.5. The number of pyridine rings is 1. The number of rotatable bonds is 7. The van der Waals surface area contributed by atoms with Gasteiger partial charge >= 0.3 is 0 Å². The number of amides is 1. The minimum Gasteiger partial charge on any atom is -0.453 e. The van der Waals surface area contributed by atoms with Crippen LogP contribution in [0.2, 0.25) is 0 Å². The SMILES string of the molecule is [C-]#[N+]c1ccc(Sc2cnc(Nc3nc(C4CCN(C(C)=O)CC4)cs3)c(Oc3ccccc3)c2)cc1C. The molecule has 0 atom stereocenters. The number of nitrogens with zero attached hydrogens (tertiary/aromatic N) is 4. The molecule has 2 aromatic carbocycles. The minimum atomic E-state index is 0.137. The Morgan fingerprint density at radius 2 is 1.95 bits per heavy atom. The number of carbonyl (C=O) groups is 1. The molecule has 2 aromatic heterocycles. The van der Waals surface area contributed by atoms with Gasteiger partial charge in [-0.15, -0.1) is 11.3 Å². The van der Waals surface area contributed by atoms with Crippen LogP contribution in [0.1, 0.15) is 36.9 Å². The number of ether oxygens (including phenoxy) is 1. The first-order valence-corrected chi connectivity index (χ1v) is 14.0. The van der Waals surface area contributed by atoms with Crippen LogP contribution in [0.15, 0.2) is 76.0 Å². The first kappa shape index (κ1) is 25.8. The maximum atomic E-state index is 11.7. The first-order valence-electron chi connectivity index (χ1n) is 12.4. The molecule has 0 saturated carbocycles. The lowest BCUT2D eigenvalue weighted by atomic mass is 9.94. The third-order valence-corrected chi connectivity index (χ3v) is 8.15. The summed E-state index contributed by atoms with van der Waals surface area (Å²) in [6, 6.07) is 17.4. The lowest BCUT2D eigenvalue weighted by Crippen LogP contribution is -2.36. The zero-order chi connectivity index (χ0) is 26.5. The van der Waals surface area contributed by atoms with Crippen LogP contribution < -0.4 is 10.1 Å². The molecule has 1 amide bonds. The van der Waals surface area contributed by atoms with Crippen molar-refractivity contribution in [1.29, 1.82) is 0 Å². The highest BCUT2D eigenvalue weighted by Gasteiger charge is 2.24. The van der Waals surface area contributed by atoms with Crippen molar-refractivity contribution in [3.8, 4) is 11.5 Å². The van der Waals surface area contributed by atoms with Crippen LogP contribution in [-0.4, -0.2) is 33.9 Å². The van der Waals surface area contributed by atoms with E-state index in [1.807, 2.05) is 72.6 Å². The fourth-order valence-corrected chi connectivity index (χ4v) is 6.05. The number of anilines is 2. The maximum Gasteiger partial charge on any atom is 0.219 e. The molecule has 1 aliphatic rings. The zero-order valence-corrected chi connectivity index (χ0v) is 22.8. The summed E-state index contributed by atoms with van der Waals surface area (Å²) in [6.45, 7) is 12.4. The van der Waals surface area contributed by atoms with E-state index in [0.717, 1.165) is 52.1 Å². The van der Waals surface area contributed by atoms with Gasteiger partial charge in [0, 0.05) is 53.4 Å². The van der Waals surface area contributed by atoms with Crippen LogP contribution in [0, 0.1) is 13.5 Å². The van der Waals surface area contributed by atoms with Crippen LogP contribution in [0.3, 0.4) is 0 Å². The van der Waals surface area contributed by atoms with Gasteiger partial charge in [-0.3, -0.25) is 4.79 Å². The number of carbonyl (C=O) groups excluding carboxylic acids is 1. The van der Waals surface area contributed by atoms with Gasteiger partial charge in [-0.25, -0.2) is 14.8 Å². The van der Waals surface area contributed by atoms with E-state index in [-0.39, 0.29) is 5.91 Å². The van der Waals surface area contributed by atoms with Gasteiger partial charge in [-0.1, -0.05) is 48.2 Å². The number of para-hydroxylation sites is 1. The standard InChI is InChI=1S/C29H27N5O2S2/c1-19-15-23(9-10-25(19)30-3)38-24-16-27(36-22-7-5-4-6-8-22)28(31-17-24)33-29-32-26(18-37-29)21-11-13-34(14-12-21)20(2)35/h4-10,15-18,21H,11-14H2,1-2H3,(H,31,32,33). The van der Waals surface area contributed by atoms with E-state index in [1.165, 1.54) is 0 Å². The topological polar surface area (TPSA) is 71.7 Å². The van der Waals surface area contributed by atoms with Gasteiger partial charge < -0.3 is 15.0 Å². The van der Waals surface area contributed by atoms with E-state index in [2.05, 4.69) is 15.5 Å². The van der Waals surface area contributed by atoms with Crippen molar-refractivity contribution in [3.63, 3.8) is 0 Å². The normalized spacial score (nSPS) is 13.7. The lowest BCUT2D eigenvalue weighted by molar-refractivity contribution is -0.129. The van der Waals surface area contributed by atoms with E-state index >= 15 is 0 Å². The van der Waals surface area contributed by atoms with Gasteiger partial charge in [-0.05, 0) is 37.5 Å². The molecule has 0 aliphatic carbocycles. The molecule has 1 saturated heterocycles. The summed E-state index contributed by atoms with van der Waals surface area (Å²) in [6.07, 6.45) is 3.66. The van der Waals surface area contributed by atoms with Gasteiger partial charge in [0.05, 0.1) is 12.3 Å². The molecule has 38 heavy (non-hydrogen) atoms. The minimum absolute atomic E-state index is 0.137. The van der Waals surface area contributed by atoms with Crippen molar-refractivity contribution in [3.05, 3.63) is 88.8 Å². The molecular formula is C29H27N5O2S2. The van der Waals surface area contributed by atoms with Crippen LogP contribution in [0.5, 0.6) is 11.5 Å². The van der Waals surface area contributed by atoms with Crippen molar-refractivity contribution in [2.24, 2.45) is 0 Å². The fraction of sp³-hybridized carbons (Fsp3) is 0.241. The molecule has 7 nitrogen and oxygen atoms in total. The van der Waals surface area contributed by atoms with E-state index in [9.17, 15) is 4.79 Å². The third kappa shape index (κ3) is 6.15. The lowest BCUT2D eigenvalue weighted by Gasteiger charge is -2.30. The van der Waals surface area contributed by atoms with E-state index < -0.39 is 0 Å². The molecule has 5 rings (SSSR count). The van der Waals surface area contributed by atoms with Crippen LogP contribution >= 0.6 is 23.1 Å². The summed E-state index contributed by atoms with van der Waals surface area (Å²) in [4.78, 5) is 28.6. The number of thiazole rings is 1. The molecule has 192 valence electrons. The van der Waals surface area contributed by atoms with Gasteiger partial charge in [0.25, 0.3) is 0 Å². The molecule has 0 radical (unpaired) electrons. The van der Waals surface area contributed by atoms with Crippen molar-refractivity contribution >= 4 is 45.6 Å². The quantitative estimate of drug-likeness (QED) is 0.241. The summed E-state index contributed by atoms with van der Waals surface area (Å²) in [5.74, 6) is 2.39. The van der Waals surface area contributed by atoms with Crippen molar-refractivity contribution in [1.82, 2.24) is 14.9 Å². The number of benzene rings is 2. The molecule has 0 unspecified atom stereocenters. The molecule has 3 heterocycles. The number of hydrogen-bond donors (Lipinski definition) is 1. The Labute approximate surface area is 230 Å². The highest BCUT2D eigenvalue weighted by atomic mass is 32.2. The Morgan fingerprint density at radius 1 is 1.16 bits per heavy atom. The summed E-state index contributed by atoms with van der Waals surface area (Å²) >= 11 is 3.12. The second kappa shape index (κ2) is 11.7. The van der Waals surface area contributed by atoms with Gasteiger partial charge in [0.1, 0.15) is 5.75 Å². The zero-order valence-electron chi connectivity index (χ0n) is 21.2. The Kier molecular flexibility index (Phi) is 7.91. The number of nitrogens with one attached hydrogen (secondary N) is 1. The summed E-state index contributed by atoms with van der Waals surface area (Å²) in [5.41, 5.74) is 2.66. The smallest absolute Gasteiger partial charge is 0.219 e. The number of hydrogen-bond acceptors (Lipinski definition) is 7. The molecule has 1 fully saturated rings. The number of likely N-dealkylation sites (tertiary alicyclic amines) is 1. The van der Waals surface area contributed by atoms with Crippen LogP contribution in [0.4, 0.5) is 16.6 Å². The van der Waals surface area contributed by atoms with E-state index in [4.69, 9.17) is 21.3 Å². The maximum absolute atomic E-state index is 11.7. The molecule has 0 spiro atoms. The highest BCUT2D eigenvalue weighted by molar-refractivity contribution is 7.99. The largest absolute Gasteiger partial charge is 0.453 e. The molecule has 4 aromatic rings. The van der Waals surface area contributed by atoms with Crippen molar-refractivity contribution in [2.45, 2.75) is 42.4 Å². The highest BCUT2D eigenvalue weighted by Crippen LogP contribution is 2.38. The Bertz CT molecular complexity index is 1470. The molecule has 1 aliphatic heterocycles. The van der Waals surface area contributed by atoms with Crippen molar-refractivity contribution in [2.75, 3.05) is 18.4 Å². The summed E-state index contributed by atoms with van der Waals surface area (Å²) < 4.78 is 6.24. The van der Waals surface area contributed by atoms with Gasteiger partial charge in [0.2, 0.25) is 5.91 Å². The predicted octanol–water partition coefficient (Wildman–Crippen LogP) is 7.81. The fourth-order valence-electron chi connectivity index (χ4n) is 4.35. The summed E-state index contributed by atoms with van der Waals surface area (Å²) in [7, 11) is 0. The molecular weight excluding hydrogens is 514 g/mol. The second-order valence-electron chi connectivity index (χ2n) is 9.08. The average molecular weight is 542 g/mol. The van der Waals surface area contributed by atoms with E-state index in [1.54, 1.807) is 30.0 Å². The number of aromatic nitrogens is 2. The molecule has 0 bridgehead atoms. The summed E-state index contributed by atoms with van der Waals surface area (Å²) in [5, 5.41) is 6.20. The Morgan fingerprint density at radius 3 is 2.66 bits per heavy atom. The van der Waals surface area contributed by atoms with Gasteiger partial charge in [-0.2, -0.15) is 0 Å². The third-order valence-electron chi connectivity index (χ3n) is 6.43. The Hall–Kier alpha value is -3.87. The van der Waals surface area contributed by atoms with Gasteiger partial charge in [0.15, 0.2) is 22.4 Å². The molecule has 9 heteroatoms. The number of piperidine rings is 1. The Balaban J connectivity index is 1.36. The average Bonchev–Trinajstić information content (AvgIpc) is 3.39. The van der Waals surface area contributed by atoms with Crippen LogP contribution in [0.25, 0.3) is 4.85 Å². The van der Waals surface area contributed by atoms with E-state index in [0.29, 0.717) is 28.9 Å². The monoisotopic (exact) mass is 541 g/mol. The van der Waals surface area contributed by atoms with Crippen molar-refractivity contribution < 1.29 is 9.53 Å². The second-order valence-corrected chi connectivity index (χ2v) is 11.1. The number of aryl methyl sites for hydroxylation is 1. The predicted molar refractivity (Wildman–Crippen MR) is 152 cm³/mol.